The van der Waals surface area contributed by atoms with Gasteiger partial charge < -0.3 is 4.90 Å². The van der Waals surface area contributed by atoms with Gasteiger partial charge in [0.2, 0.25) is 0 Å². The zero-order chi connectivity index (χ0) is 12.0. The van der Waals surface area contributed by atoms with Crippen LogP contribution in [0.4, 0.5) is 0 Å². The van der Waals surface area contributed by atoms with Crippen molar-refractivity contribution in [3.63, 3.8) is 0 Å². The summed E-state index contributed by atoms with van der Waals surface area (Å²) >= 11 is 0. The molecule has 1 heterocycles. The normalized spacial score (nSPS) is 27.0. The summed E-state index contributed by atoms with van der Waals surface area (Å²) in [4.78, 5) is 2.41. The van der Waals surface area contributed by atoms with Crippen LogP contribution in [0.2, 0.25) is 0 Å². The van der Waals surface area contributed by atoms with Crippen LogP contribution >= 0.6 is 0 Å². The first-order valence-corrected chi connectivity index (χ1v) is 7.18. The molecule has 0 bridgehead atoms. The Bertz CT molecular complexity index is 170. The van der Waals surface area contributed by atoms with Crippen molar-refractivity contribution < 1.29 is 0 Å². The molecule has 1 saturated carbocycles. The number of nitrogens with zero attached hydrogens (tertiary/aromatic N) is 1. The van der Waals surface area contributed by atoms with Gasteiger partial charge in [0.25, 0.3) is 0 Å². The van der Waals surface area contributed by atoms with E-state index in [9.17, 15) is 0 Å². The molecule has 2 rings (SSSR count). The van der Waals surface area contributed by atoms with Crippen LogP contribution in [0.25, 0.3) is 0 Å². The lowest BCUT2D eigenvalue weighted by Gasteiger charge is -2.34. The van der Waals surface area contributed by atoms with Crippen molar-refractivity contribution in [1.29, 1.82) is 0 Å². The summed E-state index contributed by atoms with van der Waals surface area (Å²) in [5, 5.41) is 0. The summed E-state index contributed by atoms with van der Waals surface area (Å²) in [6, 6.07) is 0. The Morgan fingerprint density at radius 1 is 0.938 bits per heavy atom. The Labute approximate surface area is 103 Å². The lowest BCUT2D eigenvalue weighted by Crippen LogP contribution is -2.34. The fraction of sp³-hybridized carbons (Fsp3) is 1.00. The van der Waals surface area contributed by atoms with Crippen LogP contribution in [0.3, 0.4) is 0 Å². The van der Waals surface area contributed by atoms with E-state index >= 15 is 0 Å². The van der Waals surface area contributed by atoms with E-state index in [0.29, 0.717) is 5.41 Å². The number of piperidine rings is 1. The highest BCUT2D eigenvalue weighted by Crippen LogP contribution is 2.28. The van der Waals surface area contributed by atoms with Crippen molar-refractivity contribution in [2.75, 3.05) is 20.1 Å². The maximum Gasteiger partial charge on any atom is -0.00167 e. The second-order valence-electron chi connectivity index (χ2n) is 6.71. The van der Waals surface area contributed by atoms with Crippen molar-refractivity contribution in [2.24, 2.45) is 11.3 Å². The van der Waals surface area contributed by atoms with Crippen molar-refractivity contribution in [1.82, 2.24) is 4.90 Å². The molecule has 1 aliphatic carbocycles. The lowest BCUT2D eigenvalue weighted by molar-refractivity contribution is 0.157. The fourth-order valence-electron chi connectivity index (χ4n) is 2.53. The third-order valence-corrected chi connectivity index (χ3v) is 4.23. The average Bonchev–Trinajstić information content (AvgIpc) is 2.25. The molecule has 0 unspecified atom stereocenters. The first-order chi connectivity index (χ1) is 7.49. The summed E-state index contributed by atoms with van der Waals surface area (Å²) in [7, 11) is 2.20. The predicted octanol–water partition coefficient (Wildman–Crippen LogP) is 4.32. The van der Waals surface area contributed by atoms with Gasteiger partial charge >= 0.3 is 0 Å². The van der Waals surface area contributed by atoms with Crippen LogP contribution in [-0.4, -0.2) is 25.0 Å². The number of hydrogen-bond donors (Lipinski definition) is 0. The second kappa shape index (κ2) is 6.64. The van der Waals surface area contributed by atoms with E-state index in [1.807, 2.05) is 0 Å². The number of rotatable bonds is 0. The molecule has 0 aromatic rings. The van der Waals surface area contributed by atoms with E-state index in [0.717, 1.165) is 5.92 Å². The highest BCUT2D eigenvalue weighted by Gasteiger charge is 2.22. The zero-order valence-corrected chi connectivity index (χ0v) is 11.9. The van der Waals surface area contributed by atoms with Crippen LogP contribution in [0, 0.1) is 11.3 Å². The Hall–Kier alpha value is -0.0400. The van der Waals surface area contributed by atoms with Gasteiger partial charge in [0.05, 0.1) is 0 Å². The molecule has 0 N–H and O–H groups in total. The fourth-order valence-corrected chi connectivity index (χ4v) is 2.53. The van der Waals surface area contributed by atoms with Crippen molar-refractivity contribution in [3.05, 3.63) is 0 Å². The van der Waals surface area contributed by atoms with Crippen LogP contribution in [0.15, 0.2) is 0 Å². The molecule has 0 amide bonds. The zero-order valence-electron chi connectivity index (χ0n) is 11.9. The van der Waals surface area contributed by atoms with Crippen molar-refractivity contribution in [3.8, 4) is 0 Å². The van der Waals surface area contributed by atoms with Crippen LogP contribution in [0.1, 0.15) is 65.7 Å². The van der Waals surface area contributed by atoms with E-state index in [4.69, 9.17) is 0 Å². The molecule has 16 heavy (non-hydrogen) atoms. The van der Waals surface area contributed by atoms with Gasteiger partial charge in [0.15, 0.2) is 0 Å². The molecule has 0 aromatic heterocycles. The average molecular weight is 225 g/mol. The quantitative estimate of drug-likeness (QED) is 0.593. The number of hydrogen-bond acceptors (Lipinski definition) is 1. The van der Waals surface area contributed by atoms with Crippen LogP contribution in [-0.2, 0) is 0 Å². The topological polar surface area (TPSA) is 3.24 Å². The Balaban J connectivity index is 0.000000165. The highest BCUT2D eigenvalue weighted by molar-refractivity contribution is 4.76. The standard InChI is InChI=1S/C8H17N.C7H14/c1-8(2)4-6-9(3)7-5-8;1-7-5-3-2-4-6-7/h4-7H2,1-3H3;7H,2-6H2,1H3. The van der Waals surface area contributed by atoms with Gasteiger partial charge in [-0.05, 0) is 44.3 Å². The SMILES string of the molecule is CC1CCCCC1.CN1CCC(C)(C)CC1. The molecule has 2 fully saturated rings. The molecule has 2 aliphatic rings. The minimum atomic E-state index is 0.618. The summed E-state index contributed by atoms with van der Waals surface area (Å²) in [5.74, 6) is 1.04. The van der Waals surface area contributed by atoms with Crippen molar-refractivity contribution in [2.45, 2.75) is 65.7 Å². The maximum absolute atomic E-state index is 2.41. The van der Waals surface area contributed by atoms with Gasteiger partial charge in [0, 0.05) is 0 Å². The lowest BCUT2D eigenvalue weighted by atomic mass is 9.83. The maximum atomic E-state index is 2.41. The summed E-state index contributed by atoms with van der Waals surface area (Å²) < 4.78 is 0. The molecule has 1 saturated heterocycles. The van der Waals surface area contributed by atoms with Crippen molar-refractivity contribution >= 4 is 0 Å². The van der Waals surface area contributed by atoms with E-state index in [1.54, 1.807) is 0 Å². The van der Waals surface area contributed by atoms with E-state index in [2.05, 4.69) is 32.7 Å². The minimum Gasteiger partial charge on any atom is -0.306 e. The molecule has 0 atom stereocenters. The first kappa shape index (κ1) is 14.0. The van der Waals surface area contributed by atoms with Gasteiger partial charge in [0.1, 0.15) is 0 Å². The Morgan fingerprint density at radius 2 is 1.44 bits per heavy atom. The van der Waals surface area contributed by atoms with E-state index < -0.39 is 0 Å². The molecule has 1 aliphatic heterocycles. The molecule has 1 nitrogen and oxygen atoms in total. The van der Waals surface area contributed by atoms with Gasteiger partial charge in [-0.3, -0.25) is 0 Å². The monoisotopic (exact) mass is 225 g/mol. The molecule has 0 radical (unpaired) electrons. The molecular weight excluding hydrogens is 194 g/mol. The van der Waals surface area contributed by atoms with E-state index in [-0.39, 0.29) is 0 Å². The first-order valence-electron chi connectivity index (χ1n) is 7.18. The second-order valence-corrected chi connectivity index (χ2v) is 6.71. The van der Waals surface area contributed by atoms with Gasteiger partial charge in [-0.25, -0.2) is 0 Å². The molecule has 0 aromatic carbocycles. The van der Waals surface area contributed by atoms with E-state index in [1.165, 1.54) is 58.0 Å². The molecule has 1 heteroatoms. The molecule has 0 spiro atoms. The third kappa shape index (κ3) is 5.89. The van der Waals surface area contributed by atoms with Gasteiger partial charge in [-0.1, -0.05) is 52.9 Å². The Morgan fingerprint density at radius 3 is 1.75 bits per heavy atom. The number of likely N-dealkylation sites (tertiary alicyclic amines) is 1. The smallest absolute Gasteiger partial charge is 0.00167 e. The Kier molecular flexibility index (Phi) is 5.82. The van der Waals surface area contributed by atoms with Crippen LogP contribution < -0.4 is 0 Å². The minimum absolute atomic E-state index is 0.618. The summed E-state index contributed by atoms with van der Waals surface area (Å²) in [5.41, 5.74) is 0.618. The molecule has 96 valence electrons. The molecular formula is C15H31N. The van der Waals surface area contributed by atoms with Gasteiger partial charge in [-0.2, -0.15) is 0 Å². The predicted molar refractivity (Wildman–Crippen MR) is 72.8 cm³/mol. The highest BCUT2D eigenvalue weighted by atomic mass is 15.1. The summed E-state index contributed by atoms with van der Waals surface area (Å²) in [6.45, 7) is 9.65. The van der Waals surface area contributed by atoms with Gasteiger partial charge in [-0.15, -0.1) is 0 Å². The largest absolute Gasteiger partial charge is 0.306 e. The third-order valence-electron chi connectivity index (χ3n) is 4.23. The van der Waals surface area contributed by atoms with Crippen LogP contribution in [0.5, 0.6) is 0 Å². The summed E-state index contributed by atoms with van der Waals surface area (Å²) in [6.07, 6.45) is 10.2.